The van der Waals surface area contributed by atoms with Crippen molar-refractivity contribution in [2.45, 2.75) is 38.8 Å². The maximum absolute atomic E-state index is 9.39. The molecule has 0 spiro atoms. The van der Waals surface area contributed by atoms with Gasteiger partial charge in [-0.1, -0.05) is 19.1 Å². The molecule has 3 N–H and O–H groups in total. The van der Waals surface area contributed by atoms with E-state index < -0.39 is 0 Å². The molecule has 0 radical (unpaired) electrons. The van der Waals surface area contributed by atoms with Crippen LogP contribution in [0, 0.1) is 0 Å². The number of aromatic hydroxyl groups is 1. The zero-order chi connectivity index (χ0) is 13.3. The molecule has 1 heterocycles. The Hall–Kier alpha value is -1.71. The number of hydrogen-bond donors (Lipinski definition) is 2. The van der Waals surface area contributed by atoms with Crippen LogP contribution >= 0.6 is 0 Å². The summed E-state index contributed by atoms with van der Waals surface area (Å²) in [5, 5.41) is 9.39. The normalized spacial score (nSPS) is 25.1. The molecule has 0 saturated heterocycles. The maximum Gasteiger partial charge on any atom is 0.192 e. The van der Waals surface area contributed by atoms with Gasteiger partial charge < -0.3 is 15.7 Å². The van der Waals surface area contributed by atoms with Crippen LogP contribution in [0.3, 0.4) is 0 Å². The van der Waals surface area contributed by atoms with Crippen molar-refractivity contribution in [1.82, 2.24) is 4.90 Å². The number of nitrogens with zero attached hydrogens (tertiary/aromatic N) is 2. The molecule has 1 aliphatic heterocycles. The molecular formula is C14H21N3O. The second-order valence-corrected chi connectivity index (χ2v) is 5.12. The molecule has 0 bridgehead atoms. The quantitative estimate of drug-likeness (QED) is 0.859. The smallest absolute Gasteiger partial charge is 0.192 e. The molecule has 0 saturated carbocycles. The Morgan fingerprint density at radius 2 is 2.06 bits per heavy atom. The molecule has 2 rings (SSSR count). The molecule has 2 atom stereocenters. The van der Waals surface area contributed by atoms with Crippen LogP contribution in [0.5, 0.6) is 5.75 Å². The lowest BCUT2D eigenvalue weighted by atomic mass is 9.89. The van der Waals surface area contributed by atoms with Gasteiger partial charge in [-0.25, -0.2) is 0 Å². The van der Waals surface area contributed by atoms with E-state index in [2.05, 4.69) is 30.7 Å². The standard InChI is InChI=1S/C14H21N3O/c1-4-10(2)17-13(15)16-9-14(17,3)11-5-7-12(18)8-6-11/h5-8,10,18H,4,9H2,1-3H3,(H2,15,16). The van der Waals surface area contributed by atoms with Crippen LogP contribution in [0.1, 0.15) is 32.8 Å². The molecule has 0 aliphatic carbocycles. The lowest BCUT2D eigenvalue weighted by molar-refractivity contribution is 0.171. The summed E-state index contributed by atoms with van der Waals surface area (Å²) in [4.78, 5) is 6.58. The van der Waals surface area contributed by atoms with E-state index >= 15 is 0 Å². The zero-order valence-electron chi connectivity index (χ0n) is 11.2. The third kappa shape index (κ3) is 1.92. The largest absolute Gasteiger partial charge is 0.508 e. The van der Waals surface area contributed by atoms with Gasteiger partial charge in [0.15, 0.2) is 5.96 Å². The van der Waals surface area contributed by atoms with E-state index in [9.17, 15) is 5.11 Å². The number of phenols is 1. The fourth-order valence-corrected chi connectivity index (χ4v) is 2.59. The third-order valence-corrected chi connectivity index (χ3v) is 3.85. The van der Waals surface area contributed by atoms with Crippen molar-refractivity contribution in [3.63, 3.8) is 0 Å². The lowest BCUT2D eigenvalue weighted by Crippen LogP contribution is -2.51. The Bertz CT molecular complexity index is 455. The van der Waals surface area contributed by atoms with Crippen LogP contribution in [0.25, 0.3) is 0 Å². The van der Waals surface area contributed by atoms with Gasteiger partial charge in [-0.15, -0.1) is 0 Å². The summed E-state index contributed by atoms with van der Waals surface area (Å²) in [5.74, 6) is 0.893. The van der Waals surface area contributed by atoms with Crippen LogP contribution in [0.4, 0.5) is 0 Å². The highest BCUT2D eigenvalue weighted by atomic mass is 16.3. The Kier molecular flexibility index (Phi) is 3.20. The molecule has 18 heavy (non-hydrogen) atoms. The first-order chi connectivity index (χ1) is 8.49. The first-order valence-electron chi connectivity index (χ1n) is 6.38. The first-order valence-corrected chi connectivity index (χ1v) is 6.38. The van der Waals surface area contributed by atoms with Crippen LogP contribution < -0.4 is 5.73 Å². The molecule has 1 aromatic carbocycles. The van der Waals surface area contributed by atoms with Gasteiger partial charge in [-0.2, -0.15) is 0 Å². The molecule has 4 heteroatoms. The second-order valence-electron chi connectivity index (χ2n) is 5.12. The Morgan fingerprint density at radius 1 is 1.44 bits per heavy atom. The molecule has 4 nitrogen and oxygen atoms in total. The van der Waals surface area contributed by atoms with E-state index in [1.165, 1.54) is 0 Å². The predicted octanol–water partition coefficient (Wildman–Crippen LogP) is 2.04. The second kappa shape index (κ2) is 4.52. The fourth-order valence-electron chi connectivity index (χ4n) is 2.59. The maximum atomic E-state index is 9.39. The minimum Gasteiger partial charge on any atom is -0.508 e. The SMILES string of the molecule is CCC(C)N1C(N)=NCC1(C)c1ccc(O)cc1. The van der Waals surface area contributed by atoms with Gasteiger partial charge in [0.25, 0.3) is 0 Å². The molecule has 1 aromatic rings. The number of benzene rings is 1. The van der Waals surface area contributed by atoms with Gasteiger partial charge in [0.2, 0.25) is 0 Å². The highest BCUT2D eigenvalue weighted by molar-refractivity contribution is 5.81. The first kappa shape index (κ1) is 12.7. The summed E-state index contributed by atoms with van der Waals surface area (Å²) >= 11 is 0. The molecule has 0 fully saturated rings. The summed E-state index contributed by atoms with van der Waals surface area (Å²) in [7, 11) is 0. The summed E-state index contributed by atoms with van der Waals surface area (Å²) in [6.07, 6.45) is 1.02. The van der Waals surface area contributed by atoms with Crippen molar-refractivity contribution in [3.8, 4) is 5.75 Å². The van der Waals surface area contributed by atoms with Crippen molar-refractivity contribution in [1.29, 1.82) is 0 Å². The lowest BCUT2D eigenvalue weighted by Gasteiger charge is -2.40. The summed E-state index contributed by atoms with van der Waals surface area (Å²) in [6.45, 7) is 7.11. The zero-order valence-corrected chi connectivity index (χ0v) is 11.2. The minimum atomic E-state index is -0.215. The molecule has 1 aliphatic rings. The van der Waals surface area contributed by atoms with E-state index in [0.717, 1.165) is 12.0 Å². The number of nitrogens with two attached hydrogens (primary N) is 1. The number of phenolic OH excluding ortho intramolecular Hbond substituents is 1. The van der Waals surface area contributed by atoms with Crippen LogP contribution in [0.15, 0.2) is 29.3 Å². The fraction of sp³-hybridized carbons (Fsp3) is 0.500. The number of rotatable bonds is 3. The van der Waals surface area contributed by atoms with E-state index in [4.69, 9.17) is 5.73 Å². The van der Waals surface area contributed by atoms with Crippen LogP contribution in [0.2, 0.25) is 0 Å². The topological polar surface area (TPSA) is 61.8 Å². The predicted molar refractivity (Wildman–Crippen MR) is 73.5 cm³/mol. The number of hydrogen-bond acceptors (Lipinski definition) is 4. The van der Waals surface area contributed by atoms with Gasteiger partial charge >= 0.3 is 0 Å². The van der Waals surface area contributed by atoms with Crippen LogP contribution in [-0.4, -0.2) is 28.6 Å². The minimum absolute atomic E-state index is 0.215. The monoisotopic (exact) mass is 247 g/mol. The van der Waals surface area contributed by atoms with E-state index in [0.29, 0.717) is 18.5 Å². The van der Waals surface area contributed by atoms with Gasteiger partial charge in [0.05, 0.1) is 12.1 Å². The van der Waals surface area contributed by atoms with Crippen molar-refractivity contribution in [2.75, 3.05) is 6.54 Å². The summed E-state index contributed by atoms with van der Waals surface area (Å²) in [6, 6.07) is 7.65. The average molecular weight is 247 g/mol. The number of guanidine groups is 1. The van der Waals surface area contributed by atoms with Crippen molar-refractivity contribution >= 4 is 5.96 Å². The van der Waals surface area contributed by atoms with Crippen molar-refractivity contribution in [3.05, 3.63) is 29.8 Å². The Morgan fingerprint density at radius 3 is 2.61 bits per heavy atom. The van der Waals surface area contributed by atoms with Gasteiger partial charge in [-0.05, 0) is 38.0 Å². The van der Waals surface area contributed by atoms with E-state index in [1.807, 2.05) is 12.1 Å². The van der Waals surface area contributed by atoms with Gasteiger partial charge in [0.1, 0.15) is 5.75 Å². The van der Waals surface area contributed by atoms with Crippen molar-refractivity contribution < 1.29 is 5.11 Å². The van der Waals surface area contributed by atoms with E-state index in [1.54, 1.807) is 12.1 Å². The molecular weight excluding hydrogens is 226 g/mol. The Balaban J connectivity index is 2.38. The molecule has 0 amide bonds. The van der Waals surface area contributed by atoms with Gasteiger partial charge in [-0.3, -0.25) is 4.99 Å². The summed E-state index contributed by atoms with van der Waals surface area (Å²) < 4.78 is 0. The highest BCUT2D eigenvalue weighted by Crippen LogP contribution is 2.35. The highest BCUT2D eigenvalue weighted by Gasteiger charge is 2.41. The van der Waals surface area contributed by atoms with Gasteiger partial charge in [0, 0.05) is 6.04 Å². The Labute approximate surface area is 108 Å². The molecule has 2 unspecified atom stereocenters. The number of aliphatic imine (C=N–C) groups is 1. The van der Waals surface area contributed by atoms with Crippen LogP contribution in [-0.2, 0) is 5.54 Å². The average Bonchev–Trinajstić information content (AvgIpc) is 2.66. The van der Waals surface area contributed by atoms with E-state index in [-0.39, 0.29) is 11.3 Å². The summed E-state index contributed by atoms with van der Waals surface area (Å²) in [5.41, 5.74) is 6.94. The van der Waals surface area contributed by atoms with Crippen molar-refractivity contribution in [2.24, 2.45) is 10.7 Å². The molecule has 0 aromatic heterocycles. The molecule has 98 valence electrons. The third-order valence-electron chi connectivity index (χ3n) is 3.85.